The molecule has 0 radical (unpaired) electrons. The number of amides is 2. The maximum atomic E-state index is 12.1. The Morgan fingerprint density at radius 3 is 2.69 bits per heavy atom. The van der Waals surface area contributed by atoms with E-state index in [1.807, 2.05) is 36.4 Å². The molecule has 1 fully saturated rings. The largest absolute Gasteiger partial charge is 0.436 e. The molecule has 0 aliphatic carbocycles. The SMILES string of the molecule is O=C(CC1SC(=S)NC1=O)Nc1ccc(-c2nc3ccccc3o2)cc1. The van der Waals surface area contributed by atoms with Crippen molar-refractivity contribution >= 4 is 56.9 Å². The predicted molar refractivity (Wildman–Crippen MR) is 105 cm³/mol. The molecule has 0 bridgehead atoms. The van der Waals surface area contributed by atoms with Gasteiger partial charge < -0.3 is 15.1 Å². The maximum absolute atomic E-state index is 12.1. The van der Waals surface area contributed by atoms with Crippen LogP contribution in [-0.4, -0.2) is 26.4 Å². The molecule has 2 heterocycles. The highest BCUT2D eigenvalue weighted by atomic mass is 32.2. The topological polar surface area (TPSA) is 84.2 Å². The first kappa shape index (κ1) is 16.7. The molecular formula is C18H13N3O3S2. The van der Waals surface area contributed by atoms with Gasteiger partial charge in [0, 0.05) is 17.7 Å². The van der Waals surface area contributed by atoms with Crippen LogP contribution in [0.3, 0.4) is 0 Å². The average Bonchev–Trinajstić information content (AvgIpc) is 3.18. The van der Waals surface area contributed by atoms with Gasteiger partial charge in [0.1, 0.15) is 9.84 Å². The lowest BCUT2D eigenvalue weighted by Gasteiger charge is -2.07. The van der Waals surface area contributed by atoms with E-state index in [0.717, 1.165) is 16.7 Å². The van der Waals surface area contributed by atoms with E-state index >= 15 is 0 Å². The molecule has 1 unspecified atom stereocenters. The molecule has 1 atom stereocenters. The average molecular weight is 383 g/mol. The van der Waals surface area contributed by atoms with Crippen LogP contribution in [0.2, 0.25) is 0 Å². The zero-order valence-electron chi connectivity index (χ0n) is 13.4. The lowest BCUT2D eigenvalue weighted by atomic mass is 10.2. The van der Waals surface area contributed by atoms with Gasteiger partial charge in [-0.1, -0.05) is 36.1 Å². The number of anilines is 1. The number of thiocarbonyl (C=S) groups is 1. The van der Waals surface area contributed by atoms with Crippen LogP contribution in [0.15, 0.2) is 52.9 Å². The lowest BCUT2D eigenvalue weighted by molar-refractivity contribution is -0.122. The van der Waals surface area contributed by atoms with Gasteiger partial charge >= 0.3 is 0 Å². The smallest absolute Gasteiger partial charge is 0.239 e. The van der Waals surface area contributed by atoms with E-state index in [1.165, 1.54) is 11.8 Å². The van der Waals surface area contributed by atoms with Crippen molar-refractivity contribution in [1.82, 2.24) is 10.3 Å². The minimum absolute atomic E-state index is 0.0729. The molecule has 0 spiro atoms. The second-order valence-corrected chi connectivity index (χ2v) is 7.58. The van der Waals surface area contributed by atoms with Gasteiger partial charge in [-0.3, -0.25) is 9.59 Å². The van der Waals surface area contributed by atoms with Gasteiger partial charge in [0.25, 0.3) is 0 Å². The molecule has 6 nitrogen and oxygen atoms in total. The molecular weight excluding hydrogens is 370 g/mol. The number of carbonyl (C=O) groups is 2. The number of fused-ring (bicyclic) bond motifs is 1. The third-order valence-corrected chi connectivity index (χ3v) is 5.22. The summed E-state index contributed by atoms with van der Waals surface area (Å²) in [6.45, 7) is 0. The van der Waals surface area contributed by atoms with Gasteiger partial charge in [-0.15, -0.1) is 0 Å². The van der Waals surface area contributed by atoms with Crippen LogP contribution in [-0.2, 0) is 9.59 Å². The van der Waals surface area contributed by atoms with Crippen molar-refractivity contribution in [3.05, 3.63) is 48.5 Å². The summed E-state index contributed by atoms with van der Waals surface area (Å²) in [5.74, 6) is 0.0648. The molecule has 26 heavy (non-hydrogen) atoms. The maximum Gasteiger partial charge on any atom is 0.239 e. The molecule has 1 aliphatic rings. The summed E-state index contributed by atoms with van der Waals surface area (Å²) in [4.78, 5) is 28.2. The van der Waals surface area contributed by atoms with Crippen LogP contribution in [0.1, 0.15) is 6.42 Å². The monoisotopic (exact) mass is 383 g/mol. The molecule has 130 valence electrons. The van der Waals surface area contributed by atoms with Crippen LogP contribution in [0.5, 0.6) is 0 Å². The number of hydrogen-bond acceptors (Lipinski definition) is 6. The number of aromatic nitrogens is 1. The standard InChI is InChI=1S/C18H13N3O3S2/c22-15(9-14-16(23)21-18(25)26-14)19-11-7-5-10(6-8-11)17-20-12-3-1-2-4-13(12)24-17/h1-8,14H,9H2,(H,19,22)(H,21,23,25). The first-order chi connectivity index (χ1) is 12.6. The van der Waals surface area contributed by atoms with Gasteiger partial charge in [-0.05, 0) is 36.4 Å². The number of nitrogens with one attached hydrogen (secondary N) is 2. The zero-order chi connectivity index (χ0) is 18.1. The minimum Gasteiger partial charge on any atom is -0.436 e. The number of oxazole rings is 1. The number of nitrogens with zero attached hydrogens (tertiary/aromatic N) is 1. The second kappa shape index (κ2) is 6.89. The van der Waals surface area contributed by atoms with Crippen LogP contribution < -0.4 is 10.6 Å². The van der Waals surface area contributed by atoms with E-state index in [1.54, 1.807) is 12.1 Å². The number of rotatable bonds is 4. The van der Waals surface area contributed by atoms with Gasteiger partial charge in [0.15, 0.2) is 5.58 Å². The quantitative estimate of drug-likeness (QED) is 0.672. The molecule has 2 aromatic carbocycles. The number of para-hydroxylation sites is 2. The van der Waals surface area contributed by atoms with Gasteiger partial charge in [0.05, 0.1) is 5.25 Å². The summed E-state index contributed by atoms with van der Waals surface area (Å²) in [5.41, 5.74) is 2.98. The van der Waals surface area contributed by atoms with Gasteiger partial charge in [-0.2, -0.15) is 0 Å². The number of thioether (sulfide) groups is 1. The van der Waals surface area contributed by atoms with E-state index < -0.39 is 5.25 Å². The van der Waals surface area contributed by atoms with Crippen LogP contribution in [0.25, 0.3) is 22.6 Å². The Morgan fingerprint density at radius 2 is 2.00 bits per heavy atom. The fraction of sp³-hybridized carbons (Fsp3) is 0.111. The first-order valence-electron chi connectivity index (χ1n) is 7.86. The van der Waals surface area contributed by atoms with Crippen molar-refractivity contribution in [3.63, 3.8) is 0 Å². The molecule has 1 aromatic heterocycles. The highest BCUT2D eigenvalue weighted by Gasteiger charge is 2.30. The number of benzene rings is 2. The summed E-state index contributed by atoms with van der Waals surface area (Å²) in [6.07, 6.45) is 0.0729. The highest BCUT2D eigenvalue weighted by molar-refractivity contribution is 8.24. The fourth-order valence-electron chi connectivity index (χ4n) is 2.60. The third-order valence-electron chi connectivity index (χ3n) is 3.85. The highest BCUT2D eigenvalue weighted by Crippen LogP contribution is 2.26. The van der Waals surface area contributed by atoms with E-state index in [-0.39, 0.29) is 18.2 Å². The Labute approximate surface area is 158 Å². The predicted octanol–water partition coefficient (Wildman–Crippen LogP) is 3.34. The van der Waals surface area contributed by atoms with E-state index in [4.69, 9.17) is 16.6 Å². The summed E-state index contributed by atoms with van der Waals surface area (Å²) in [7, 11) is 0. The Morgan fingerprint density at radius 1 is 1.23 bits per heavy atom. The molecule has 1 aliphatic heterocycles. The Hall–Kier alpha value is -2.71. The van der Waals surface area contributed by atoms with E-state index in [9.17, 15) is 9.59 Å². The van der Waals surface area contributed by atoms with E-state index in [0.29, 0.717) is 15.9 Å². The van der Waals surface area contributed by atoms with Crippen molar-refractivity contribution in [2.45, 2.75) is 11.7 Å². The summed E-state index contributed by atoms with van der Waals surface area (Å²) in [6, 6.07) is 14.7. The van der Waals surface area contributed by atoms with Crippen molar-refractivity contribution in [2.75, 3.05) is 5.32 Å². The second-order valence-electron chi connectivity index (χ2n) is 5.70. The molecule has 1 saturated heterocycles. The van der Waals surface area contributed by atoms with Crippen molar-refractivity contribution in [1.29, 1.82) is 0 Å². The lowest BCUT2D eigenvalue weighted by Crippen LogP contribution is -2.27. The normalized spacial score (nSPS) is 16.7. The Balaban J connectivity index is 1.43. The van der Waals surface area contributed by atoms with Crippen LogP contribution in [0, 0.1) is 0 Å². The first-order valence-corrected chi connectivity index (χ1v) is 9.14. The third kappa shape index (κ3) is 3.47. The van der Waals surface area contributed by atoms with Gasteiger partial charge in [0.2, 0.25) is 17.7 Å². The summed E-state index contributed by atoms with van der Waals surface area (Å²) in [5, 5.41) is 4.84. The minimum atomic E-state index is -0.471. The van der Waals surface area contributed by atoms with Crippen LogP contribution >= 0.6 is 24.0 Å². The number of carbonyl (C=O) groups excluding carboxylic acids is 2. The zero-order valence-corrected chi connectivity index (χ0v) is 15.0. The van der Waals surface area contributed by atoms with Crippen molar-refractivity contribution in [2.24, 2.45) is 0 Å². The molecule has 8 heteroatoms. The number of hydrogen-bond donors (Lipinski definition) is 2. The van der Waals surface area contributed by atoms with Crippen molar-refractivity contribution in [3.8, 4) is 11.5 Å². The molecule has 4 rings (SSSR count). The molecule has 2 amide bonds. The van der Waals surface area contributed by atoms with Crippen LogP contribution in [0.4, 0.5) is 5.69 Å². The van der Waals surface area contributed by atoms with E-state index in [2.05, 4.69) is 15.6 Å². The Bertz CT molecular complexity index is 981. The summed E-state index contributed by atoms with van der Waals surface area (Å²) < 4.78 is 6.14. The molecule has 2 N–H and O–H groups in total. The van der Waals surface area contributed by atoms with Gasteiger partial charge in [-0.25, -0.2) is 4.98 Å². The fourth-order valence-corrected chi connectivity index (χ4v) is 3.87. The molecule has 0 saturated carbocycles. The Kier molecular flexibility index (Phi) is 4.44. The summed E-state index contributed by atoms with van der Waals surface area (Å²) >= 11 is 6.13. The van der Waals surface area contributed by atoms with Crippen molar-refractivity contribution < 1.29 is 14.0 Å². The molecule has 3 aromatic rings.